The van der Waals surface area contributed by atoms with Crippen LogP contribution < -0.4 is 5.32 Å². The van der Waals surface area contributed by atoms with Crippen molar-refractivity contribution >= 4 is 22.9 Å². The van der Waals surface area contributed by atoms with E-state index >= 15 is 0 Å². The van der Waals surface area contributed by atoms with Crippen molar-refractivity contribution in [1.29, 1.82) is 0 Å². The molecule has 2 aliphatic carbocycles. The predicted octanol–water partition coefficient (Wildman–Crippen LogP) is 4.27. The Bertz CT molecular complexity index is 659. The lowest BCUT2D eigenvalue weighted by atomic mass is 10.1. The molecule has 110 valence electrons. The third kappa shape index (κ3) is 2.72. The normalized spacial score (nSPS) is 18.8. The summed E-state index contributed by atoms with van der Waals surface area (Å²) in [6.45, 7) is 0. The van der Waals surface area contributed by atoms with E-state index in [9.17, 15) is 4.39 Å². The highest BCUT2D eigenvalue weighted by molar-refractivity contribution is 7.11. The molecule has 1 heterocycles. The van der Waals surface area contributed by atoms with Crippen LogP contribution in [0.3, 0.4) is 0 Å². The van der Waals surface area contributed by atoms with Crippen molar-refractivity contribution in [1.82, 2.24) is 10.3 Å². The highest BCUT2D eigenvalue weighted by Gasteiger charge is 2.29. The quantitative estimate of drug-likeness (QED) is 0.909. The van der Waals surface area contributed by atoms with Crippen molar-refractivity contribution in [3.8, 4) is 0 Å². The maximum atomic E-state index is 13.8. The summed E-state index contributed by atoms with van der Waals surface area (Å²) in [7, 11) is 0. The fraction of sp³-hybridized carbons (Fsp3) is 0.438. The van der Waals surface area contributed by atoms with Gasteiger partial charge < -0.3 is 5.32 Å². The Morgan fingerprint density at radius 2 is 2.19 bits per heavy atom. The first-order chi connectivity index (χ1) is 10.2. The third-order valence-corrected chi connectivity index (χ3v) is 5.64. The third-order valence-electron chi connectivity index (χ3n) is 4.12. The first kappa shape index (κ1) is 13.7. The lowest BCUT2D eigenvalue weighted by Gasteiger charge is -2.17. The van der Waals surface area contributed by atoms with Gasteiger partial charge in [-0.1, -0.05) is 17.7 Å². The van der Waals surface area contributed by atoms with Crippen LogP contribution >= 0.6 is 22.9 Å². The molecule has 1 unspecified atom stereocenters. The van der Waals surface area contributed by atoms with E-state index in [4.69, 9.17) is 16.6 Å². The lowest BCUT2D eigenvalue weighted by molar-refractivity contribution is 0.583. The van der Waals surface area contributed by atoms with Crippen LogP contribution in [0.2, 0.25) is 5.02 Å². The number of aromatic nitrogens is 1. The zero-order valence-electron chi connectivity index (χ0n) is 11.5. The zero-order valence-corrected chi connectivity index (χ0v) is 13.1. The number of thiazole rings is 1. The first-order valence-electron chi connectivity index (χ1n) is 7.40. The van der Waals surface area contributed by atoms with Crippen LogP contribution in [0.1, 0.15) is 46.4 Å². The smallest absolute Gasteiger partial charge is 0.142 e. The highest BCUT2D eigenvalue weighted by Crippen LogP contribution is 2.36. The van der Waals surface area contributed by atoms with Gasteiger partial charge in [0.1, 0.15) is 10.8 Å². The van der Waals surface area contributed by atoms with E-state index in [0.717, 1.165) is 23.4 Å². The minimum absolute atomic E-state index is 0.0140. The summed E-state index contributed by atoms with van der Waals surface area (Å²) < 4.78 is 13.8. The number of nitrogens with one attached hydrogen (secondary N) is 1. The van der Waals surface area contributed by atoms with Gasteiger partial charge in [-0.05, 0) is 49.8 Å². The molecule has 21 heavy (non-hydrogen) atoms. The number of benzene rings is 1. The van der Waals surface area contributed by atoms with E-state index in [2.05, 4.69) is 5.32 Å². The number of aryl methyl sites for hydroxylation is 2. The van der Waals surface area contributed by atoms with Gasteiger partial charge in [0, 0.05) is 10.9 Å². The molecule has 2 aliphatic rings. The number of halogens is 2. The summed E-state index contributed by atoms with van der Waals surface area (Å²) in [6.07, 6.45) is 5.81. The van der Waals surface area contributed by atoms with E-state index in [1.165, 1.54) is 35.9 Å². The molecule has 1 aromatic carbocycles. The van der Waals surface area contributed by atoms with Gasteiger partial charge in [0.05, 0.1) is 16.8 Å². The second-order valence-electron chi connectivity index (χ2n) is 5.82. The van der Waals surface area contributed by atoms with E-state index in [-0.39, 0.29) is 16.9 Å². The number of fused-ring (bicyclic) bond motifs is 1. The molecular weight excluding hydrogens is 307 g/mol. The molecule has 2 nitrogen and oxygen atoms in total. The average molecular weight is 323 g/mol. The molecule has 4 rings (SSSR count). The maximum Gasteiger partial charge on any atom is 0.142 e. The zero-order chi connectivity index (χ0) is 14.4. The van der Waals surface area contributed by atoms with Crippen molar-refractivity contribution in [2.24, 2.45) is 0 Å². The van der Waals surface area contributed by atoms with Gasteiger partial charge in [-0.25, -0.2) is 9.37 Å². The molecule has 2 aromatic rings. The molecule has 1 atom stereocenters. The molecule has 0 amide bonds. The number of hydrogen-bond acceptors (Lipinski definition) is 3. The standard InChI is InChI=1S/C16H16ClFN2S/c17-11-7-4-9(8-12(11)18)15(19-10-5-6-10)16-20-13-2-1-3-14(13)21-16/h4,7-8,10,15,19H,1-3,5-6H2. The molecule has 1 aromatic heterocycles. The van der Waals surface area contributed by atoms with Crippen LogP contribution in [0.5, 0.6) is 0 Å². The summed E-state index contributed by atoms with van der Waals surface area (Å²) in [4.78, 5) is 6.21. The fourth-order valence-corrected chi connectivity index (χ4v) is 4.18. The maximum absolute atomic E-state index is 13.8. The van der Waals surface area contributed by atoms with Gasteiger partial charge in [0.2, 0.25) is 0 Å². The second kappa shape index (κ2) is 5.34. The molecule has 1 N–H and O–H groups in total. The van der Waals surface area contributed by atoms with E-state index in [1.54, 1.807) is 17.4 Å². The van der Waals surface area contributed by atoms with Crippen molar-refractivity contribution in [2.75, 3.05) is 0 Å². The van der Waals surface area contributed by atoms with Crippen molar-refractivity contribution in [2.45, 2.75) is 44.2 Å². The van der Waals surface area contributed by atoms with E-state index in [1.807, 2.05) is 6.07 Å². The highest BCUT2D eigenvalue weighted by atomic mass is 35.5. The van der Waals surface area contributed by atoms with Gasteiger partial charge >= 0.3 is 0 Å². The van der Waals surface area contributed by atoms with Gasteiger partial charge in [0.15, 0.2) is 0 Å². The summed E-state index contributed by atoms with van der Waals surface area (Å²) in [5.41, 5.74) is 2.16. The largest absolute Gasteiger partial charge is 0.301 e. The van der Waals surface area contributed by atoms with Gasteiger partial charge in [-0.3, -0.25) is 0 Å². The van der Waals surface area contributed by atoms with Gasteiger partial charge in [-0.15, -0.1) is 11.3 Å². The van der Waals surface area contributed by atoms with Crippen LogP contribution in [0, 0.1) is 5.82 Å². The molecular formula is C16H16ClFN2S. The van der Waals surface area contributed by atoms with Crippen molar-refractivity contribution in [3.05, 3.63) is 50.2 Å². The lowest BCUT2D eigenvalue weighted by Crippen LogP contribution is -2.24. The number of hydrogen-bond donors (Lipinski definition) is 1. The average Bonchev–Trinajstić information content (AvgIpc) is 3.03. The molecule has 0 bridgehead atoms. The minimum Gasteiger partial charge on any atom is -0.301 e. The molecule has 0 aliphatic heterocycles. The predicted molar refractivity (Wildman–Crippen MR) is 83.5 cm³/mol. The number of nitrogens with zero attached hydrogens (tertiary/aromatic N) is 1. The Balaban J connectivity index is 1.70. The molecule has 5 heteroatoms. The van der Waals surface area contributed by atoms with E-state index in [0.29, 0.717) is 6.04 Å². The molecule has 0 saturated heterocycles. The van der Waals surface area contributed by atoms with Crippen molar-refractivity contribution in [3.63, 3.8) is 0 Å². The summed E-state index contributed by atoms with van der Waals surface area (Å²) in [5.74, 6) is -0.360. The minimum atomic E-state index is -0.360. The van der Waals surface area contributed by atoms with Crippen LogP contribution in [0.4, 0.5) is 4.39 Å². The van der Waals surface area contributed by atoms with E-state index < -0.39 is 0 Å². The topological polar surface area (TPSA) is 24.9 Å². The molecule has 1 saturated carbocycles. The SMILES string of the molecule is Fc1cc(C(NC2CC2)c2nc3c(s2)CCC3)ccc1Cl. The molecule has 1 fully saturated rings. The summed E-state index contributed by atoms with van der Waals surface area (Å²) >= 11 is 7.58. The van der Waals surface area contributed by atoms with Gasteiger partial charge in [-0.2, -0.15) is 0 Å². The van der Waals surface area contributed by atoms with Crippen LogP contribution in [-0.4, -0.2) is 11.0 Å². The Hall–Kier alpha value is -0.970. The molecule has 0 spiro atoms. The van der Waals surface area contributed by atoms with Crippen LogP contribution in [-0.2, 0) is 12.8 Å². The van der Waals surface area contributed by atoms with Crippen LogP contribution in [0.15, 0.2) is 18.2 Å². The Morgan fingerprint density at radius 1 is 1.33 bits per heavy atom. The molecule has 0 radical (unpaired) electrons. The Morgan fingerprint density at radius 3 is 2.90 bits per heavy atom. The summed E-state index contributed by atoms with van der Waals surface area (Å²) in [5, 5.41) is 4.83. The van der Waals surface area contributed by atoms with Gasteiger partial charge in [0.25, 0.3) is 0 Å². The van der Waals surface area contributed by atoms with Crippen molar-refractivity contribution < 1.29 is 4.39 Å². The fourth-order valence-electron chi connectivity index (χ4n) is 2.82. The monoisotopic (exact) mass is 322 g/mol. The number of rotatable bonds is 4. The first-order valence-corrected chi connectivity index (χ1v) is 8.59. The Labute approximate surface area is 132 Å². The summed E-state index contributed by atoms with van der Waals surface area (Å²) in [6, 6.07) is 5.59. The second-order valence-corrected chi connectivity index (χ2v) is 7.35. The Kier molecular flexibility index (Phi) is 3.48. The van der Waals surface area contributed by atoms with Crippen LogP contribution in [0.25, 0.3) is 0 Å².